The average molecular weight is 263 g/mol. The van der Waals surface area contributed by atoms with Crippen LogP contribution in [0.15, 0.2) is 22.8 Å². The Labute approximate surface area is 118 Å². The van der Waals surface area contributed by atoms with Gasteiger partial charge in [-0.1, -0.05) is 46.0 Å². The Hall–Kier alpha value is -0.760. The Morgan fingerprint density at radius 3 is 2.63 bits per heavy atom. The summed E-state index contributed by atoms with van der Waals surface area (Å²) in [5.74, 6) is 2.86. The van der Waals surface area contributed by atoms with Crippen molar-refractivity contribution in [3.63, 3.8) is 0 Å². The molecule has 1 saturated carbocycles. The third-order valence-corrected chi connectivity index (χ3v) is 4.60. The van der Waals surface area contributed by atoms with Gasteiger partial charge in [0.05, 0.1) is 12.3 Å². The molecule has 108 valence electrons. The maximum absolute atomic E-state index is 5.63. The highest BCUT2D eigenvalue weighted by molar-refractivity contribution is 5.06. The van der Waals surface area contributed by atoms with Gasteiger partial charge < -0.3 is 9.73 Å². The molecule has 1 heterocycles. The minimum Gasteiger partial charge on any atom is -0.468 e. The normalized spacial score (nSPS) is 25.4. The molecule has 1 unspecified atom stereocenters. The number of furan rings is 1. The highest BCUT2D eigenvalue weighted by atomic mass is 16.3. The highest BCUT2D eigenvalue weighted by Gasteiger charge is 2.29. The molecule has 0 amide bonds. The molecule has 1 aromatic rings. The Kier molecular flexibility index (Phi) is 5.96. The minimum absolute atomic E-state index is 0.423. The van der Waals surface area contributed by atoms with Crippen LogP contribution in [-0.4, -0.2) is 6.54 Å². The molecule has 0 bridgehead atoms. The second-order valence-electron chi connectivity index (χ2n) is 5.97. The Balaban J connectivity index is 1.87. The van der Waals surface area contributed by atoms with E-state index in [1.807, 2.05) is 6.07 Å². The Bertz CT molecular complexity index is 325. The van der Waals surface area contributed by atoms with Crippen LogP contribution in [0.5, 0.6) is 0 Å². The van der Waals surface area contributed by atoms with Gasteiger partial charge in [-0.05, 0) is 43.4 Å². The predicted molar refractivity (Wildman–Crippen MR) is 80.1 cm³/mol. The van der Waals surface area contributed by atoms with Gasteiger partial charge in [0.25, 0.3) is 0 Å². The Morgan fingerprint density at radius 2 is 2.05 bits per heavy atom. The number of nitrogens with one attached hydrogen (secondary N) is 1. The maximum atomic E-state index is 5.63. The van der Waals surface area contributed by atoms with Gasteiger partial charge in [-0.15, -0.1) is 0 Å². The van der Waals surface area contributed by atoms with E-state index in [2.05, 4.69) is 25.2 Å². The predicted octanol–water partition coefficient (Wildman–Crippen LogP) is 4.93. The molecule has 2 rings (SSSR count). The highest BCUT2D eigenvalue weighted by Crippen LogP contribution is 2.38. The van der Waals surface area contributed by atoms with Crippen molar-refractivity contribution in [1.82, 2.24) is 5.32 Å². The average Bonchev–Trinajstić information content (AvgIpc) is 2.97. The fourth-order valence-corrected chi connectivity index (χ4v) is 3.49. The second kappa shape index (κ2) is 7.74. The zero-order valence-corrected chi connectivity index (χ0v) is 12.5. The summed E-state index contributed by atoms with van der Waals surface area (Å²) in [6, 6.07) is 4.55. The molecule has 19 heavy (non-hydrogen) atoms. The molecule has 1 aromatic heterocycles. The van der Waals surface area contributed by atoms with E-state index in [1.54, 1.807) is 6.26 Å². The molecule has 0 spiro atoms. The standard InChI is InChI=1S/C17H29NO/c1-3-5-7-14-9-11-15(12-10-14)17(18-4-2)16-8-6-13-19-16/h6,8,13-15,17-18H,3-5,7,9-12H2,1-2H3. The lowest BCUT2D eigenvalue weighted by atomic mass is 9.76. The van der Waals surface area contributed by atoms with Crippen molar-refractivity contribution < 1.29 is 4.42 Å². The van der Waals surface area contributed by atoms with Crippen LogP contribution in [0.1, 0.15) is 70.6 Å². The molecule has 1 fully saturated rings. The molecular weight excluding hydrogens is 234 g/mol. The SMILES string of the molecule is CCCCC1CCC(C(NCC)c2ccco2)CC1. The molecule has 1 atom stereocenters. The van der Waals surface area contributed by atoms with Crippen molar-refractivity contribution in [2.45, 2.75) is 64.8 Å². The first-order chi connectivity index (χ1) is 9.35. The third kappa shape index (κ3) is 4.10. The molecule has 1 N–H and O–H groups in total. The molecule has 2 nitrogen and oxygen atoms in total. The monoisotopic (exact) mass is 263 g/mol. The molecule has 0 aromatic carbocycles. The minimum atomic E-state index is 0.423. The van der Waals surface area contributed by atoms with Gasteiger partial charge in [0.2, 0.25) is 0 Å². The summed E-state index contributed by atoms with van der Waals surface area (Å²) in [5, 5.41) is 3.62. The van der Waals surface area contributed by atoms with Crippen LogP contribution in [-0.2, 0) is 0 Å². The largest absolute Gasteiger partial charge is 0.468 e. The number of hydrogen-bond acceptors (Lipinski definition) is 2. The van der Waals surface area contributed by atoms with Crippen molar-refractivity contribution in [2.75, 3.05) is 6.54 Å². The third-order valence-electron chi connectivity index (χ3n) is 4.60. The zero-order valence-electron chi connectivity index (χ0n) is 12.5. The second-order valence-corrected chi connectivity index (χ2v) is 5.97. The summed E-state index contributed by atoms with van der Waals surface area (Å²) in [4.78, 5) is 0. The van der Waals surface area contributed by atoms with E-state index in [4.69, 9.17) is 4.42 Å². The van der Waals surface area contributed by atoms with Crippen LogP contribution in [0.4, 0.5) is 0 Å². The molecular formula is C17H29NO. The summed E-state index contributed by atoms with van der Waals surface area (Å²) >= 11 is 0. The van der Waals surface area contributed by atoms with Crippen LogP contribution >= 0.6 is 0 Å². The van der Waals surface area contributed by atoms with Gasteiger partial charge in [0, 0.05) is 0 Å². The smallest absolute Gasteiger partial charge is 0.120 e. The van der Waals surface area contributed by atoms with Crippen LogP contribution in [0.25, 0.3) is 0 Å². The van der Waals surface area contributed by atoms with E-state index in [-0.39, 0.29) is 0 Å². The van der Waals surface area contributed by atoms with E-state index in [0.29, 0.717) is 6.04 Å². The van der Waals surface area contributed by atoms with Crippen molar-refractivity contribution >= 4 is 0 Å². The lowest BCUT2D eigenvalue weighted by molar-refractivity contribution is 0.199. The van der Waals surface area contributed by atoms with Crippen molar-refractivity contribution in [3.8, 4) is 0 Å². The fourth-order valence-electron chi connectivity index (χ4n) is 3.49. The molecule has 0 saturated heterocycles. The molecule has 0 aliphatic heterocycles. The van der Waals surface area contributed by atoms with Gasteiger partial charge in [-0.3, -0.25) is 0 Å². The van der Waals surface area contributed by atoms with E-state index in [9.17, 15) is 0 Å². The van der Waals surface area contributed by atoms with E-state index >= 15 is 0 Å². The van der Waals surface area contributed by atoms with Crippen LogP contribution in [0.2, 0.25) is 0 Å². The van der Waals surface area contributed by atoms with Gasteiger partial charge in [0.1, 0.15) is 5.76 Å². The van der Waals surface area contributed by atoms with Crippen molar-refractivity contribution in [1.29, 1.82) is 0 Å². The maximum Gasteiger partial charge on any atom is 0.120 e. The van der Waals surface area contributed by atoms with E-state index < -0.39 is 0 Å². The lowest BCUT2D eigenvalue weighted by Gasteiger charge is -2.33. The molecule has 2 heteroatoms. The topological polar surface area (TPSA) is 25.2 Å². The quantitative estimate of drug-likeness (QED) is 0.754. The van der Waals surface area contributed by atoms with Gasteiger partial charge in [-0.25, -0.2) is 0 Å². The summed E-state index contributed by atoms with van der Waals surface area (Å²) in [7, 11) is 0. The first-order valence-electron chi connectivity index (χ1n) is 8.11. The molecule has 1 aliphatic rings. The van der Waals surface area contributed by atoms with Gasteiger partial charge >= 0.3 is 0 Å². The fraction of sp³-hybridized carbons (Fsp3) is 0.765. The lowest BCUT2D eigenvalue weighted by Crippen LogP contribution is -2.30. The summed E-state index contributed by atoms with van der Waals surface area (Å²) < 4.78 is 5.63. The summed E-state index contributed by atoms with van der Waals surface area (Å²) in [6.45, 7) is 5.49. The Morgan fingerprint density at radius 1 is 1.26 bits per heavy atom. The summed E-state index contributed by atoms with van der Waals surface area (Å²) in [6.07, 6.45) is 11.5. The van der Waals surface area contributed by atoms with Crippen LogP contribution in [0, 0.1) is 11.8 Å². The first-order valence-corrected chi connectivity index (χ1v) is 8.11. The first kappa shape index (κ1) is 14.6. The number of rotatable bonds is 7. The van der Waals surface area contributed by atoms with Gasteiger partial charge in [0.15, 0.2) is 0 Å². The van der Waals surface area contributed by atoms with E-state index in [0.717, 1.165) is 24.1 Å². The van der Waals surface area contributed by atoms with Crippen LogP contribution in [0.3, 0.4) is 0 Å². The van der Waals surface area contributed by atoms with Gasteiger partial charge in [-0.2, -0.15) is 0 Å². The zero-order chi connectivity index (χ0) is 13.5. The van der Waals surface area contributed by atoms with Crippen LogP contribution < -0.4 is 5.32 Å². The van der Waals surface area contributed by atoms with E-state index in [1.165, 1.54) is 44.9 Å². The van der Waals surface area contributed by atoms with Crippen molar-refractivity contribution in [3.05, 3.63) is 24.2 Å². The molecule has 1 aliphatic carbocycles. The number of hydrogen-bond donors (Lipinski definition) is 1. The summed E-state index contributed by atoms with van der Waals surface area (Å²) in [5.41, 5.74) is 0. The molecule has 0 radical (unpaired) electrons. The number of unbranched alkanes of at least 4 members (excludes halogenated alkanes) is 1. The van der Waals surface area contributed by atoms with Crippen molar-refractivity contribution in [2.24, 2.45) is 11.8 Å².